The topological polar surface area (TPSA) is 38.7 Å². The van der Waals surface area contributed by atoms with Gasteiger partial charge in [-0.25, -0.2) is 0 Å². The number of carbonyl (C=O) groups is 1. The second-order valence-corrected chi connectivity index (χ2v) is 5.62. The number of ether oxygens (including phenoxy) is 1. The number of esters is 1. The Morgan fingerprint density at radius 1 is 1.45 bits per heavy atom. The van der Waals surface area contributed by atoms with Gasteiger partial charge in [0.15, 0.2) is 0 Å². The lowest BCUT2D eigenvalue weighted by Gasteiger charge is -2.07. The normalized spacial score (nSPS) is 13.4. The quantitative estimate of drug-likeness (QED) is 0.468. The Balaban J connectivity index is 2.82. The van der Waals surface area contributed by atoms with E-state index in [0.29, 0.717) is 5.69 Å². The van der Waals surface area contributed by atoms with Crippen molar-refractivity contribution < 1.29 is 22.7 Å². The number of aliphatic imine (C=N–C) groups is 1. The van der Waals surface area contributed by atoms with Crippen LogP contribution in [0.1, 0.15) is 0 Å². The van der Waals surface area contributed by atoms with Crippen LogP contribution in [0.2, 0.25) is 0 Å². The van der Waals surface area contributed by atoms with Gasteiger partial charge >= 0.3 is 11.5 Å². The molecule has 0 aliphatic carbocycles. The molecule has 0 spiro atoms. The van der Waals surface area contributed by atoms with E-state index in [2.05, 4.69) is 9.73 Å². The molecule has 1 aromatic rings. The van der Waals surface area contributed by atoms with Gasteiger partial charge in [0, 0.05) is 11.1 Å². The van der Waals surface area contributed by atoms with Gasteiger partial charge in [-0.05, 0) is 36.2 Å². The highest BCUT2D eigenvalue weighted by molar-refractivity contribution is 8.00. The number of thioether (sulfide) groups is 2. The number of alkyl halides is 3. The van der Waals surface area contributed by atoms with Crippen LogP contribution in [0.15, 0.2) is 34.2 Å². The third kappa shape index (κ3) is 5.87. The van der Waals surface area contributed by atoms with Gasteiger partial charge in [0.25, 0.3) is 0 Å². The Labute approximate surface area is 123 Å². The fourth-order valence-corrected chi connectivity index (χ4v) is 2.31. The van der Waals surface area contributed by atoms with Gasteiger partial charge < -0.3 is 4.74 Å². The van der Waals surface area contributed by atoms with E-state index in [-0.39, 0.29) is 16.7 Å². The molecule has 1 atom stereocenters. The molecular weight excluding hydrogens is 311 g/mol. The Morgan fingerprint density at radius 3 is 2.70 bits per heavy atom. The van der Waals surface area contributed by atoms with Gasteiger partial charge in [0.1, 0.15) is 5.25 Å². The maximum absolute atomic E-state index is 12.3. The van der Waals surface area contributed by atoms with Gasteiger partial charge in [-0.2, -0.15) is 13.2 Å². The molecule has 1 rings (SSSR count). The summed E-state index contributed by atoms with van der Waals surface area (Å²) in [5.74, 6) is -0.456. The van der Waals surface area contributed by atoms with Gasteiger partial charge in [-0.3, -0.25) is 9.79 Å². The second kappa shape index (κ2) is 7.58. The zero-order chi connectivity index (χ0) is 15.2. The molecule has 0 aliphatic heterocycles. The molecule has 0 bridgehead atoms. The summed E-state index contributed by atoms with van der Waals surface area (Å²) in [4.78, 5) is 15.4. The minimum absolute atomic E-state index is 0.0471. The van der Waals surface area contributed by atoms with Gasteiger partial charge in [0.05, 0.1) is 12.8 Å². The van der Waals surface area contributed by atoms with Gasteiger partial charge in [-0.15, -0.1) is 11.8 Å². The van der Waals surface area contributed by atoms with Crippen molar-refractivity contribution in [1.82, 2.24) is 0 Å². The molecule has 20 heavy (non-hydrogen) atoms. The van der Waals surface area contributed by atoms with Crippen LogP contribution in [0.25, 0.3) is 0 Å². The van der Waals surface area contributed by atoms with Crippen LogP contribution >= 0.6 is 23.5 Å². The van der Waals surface area contributed by atoms with E-state index in [9.17, 15) is 18.0 Å². The van der Waals surface area contributed by atoms with Crippen LogP contribution in [-0.4, -0.2) is 36.3 Å². The van der Waals surface area contributed by atoms with Crippen LogP contribution < -0.4 is 0 Å². The summed E-state index contributed by atoms with van der Waals surface area (Å²) in [5.41, 5.74) is -3.99. The Kier molecular flexibility index (Phi) is 6.41. The number of benzene rings is 1. The van der Waals surface area contributed by atoms with Crippen LogP contribution in [0.3, 0.4) is 0 Å². The average molecular weight is 323 g/mol. The van der Waals surface area contributed by atoms with Crippen LogP contribution in [0.4, 0.5) is 18.9 Å². The van der Waals surface area contributed by atoms with Gasteiger partial charge in [0.2, 0.25) is 0 Å². The number of nitrogens with zero attached hydrogens (tertiary/aromatic N) is 1. The molecule has 0 saturated heterocycles. The highest BCUT2D eigenvalue weighted by Gasteiger charge is 2.29. The van der Waals surface area contributed by atoms with Crippen molar-refractivity contribution in [3.05, 3.63) is 24.3 Å². The van der Waals surface area contributed by atoms with Crippen molar-refractivity contribution in [3.8, 4) is 0 Å². The highest BCUT2D eigenvalue weighted by Crippen LogP contribution is 2.37. The molecule has 0 amide bonds. The van der Waals surface area contributed by atoms with E-state index in [0.717, 1.165) is 0 Å². The third-order valence-corrected chi connectivity index (χ3v) is 3.64. The molecule has 0 heterocycles. The summed E-state index contributed by atoms with van der Waals surface area (Å²) in [5, 5.41) is -0.584. The largest absolute Gasteiger partial charge is 0.468 e. The molecule has 0 saturated carbocycles. The van der Waals surface area contributed by atoms with Crippen molar-refractivity contribution in [2.75, 3.05) is 13.4 Å². The molecular formula is C12H12F3NO2S2. The highest BCUT2D eigenvalue weighted by atomic mass is 32.2. The predicted octanol–water partition coefficient (Wildman–Crippen LogP) is 3.91. The van der Waals surface area contributed by atoms with E-state index in [1.165, 1.54) is 43.3 Å². The Morgan fingerprint density at radius 2 is 2.15 bits per heavy atom. The first-order valence-corrected chi connectivity index (χ1v) is 7.47. The van der Waals surface area contributed by atoms with Crippen molar-refractivity contribution in [1.29, 1.82) is 0 Å². The monoisotopic (exact) mass is 323 g/mol. The van der Waals surface area contributed by atoms with Crippen molar-refractivity contribution >= 4 is 41.4 Å². The van der Waals surface area contributed by atoms with Crippen molar-refractivity contribution in [2.45, 2.75) is 15.7 Å². The fourth-order valence-electron chi connectivity index (χ4n) is 1.25. The first-order valence-electron chi connectivity index (χ1n) is 5.36. The summed E-state index contributed by atoms with van der Waals surface area (Å²) in [6.07, 6.45) is 3.07. The first kappa shape index (κ1) is 16.9. The number of hydrogen-bond donors (Lipinski definition) is 0. The van der Waals surface area contributed by atoms with E-state index >= 15 is 0 Å². The number of methoxy groups -OCH3 is 1. The third-order valence-electron chi connectivity index (χ3n) is 2.10. The lowest BCUT2D eigenvalue weighted by molar-refractivity contribution is -0.138. The predicted molar refractivity (Wildman–Crippen MR) is 75.8 cm³/mol. The van der Waals surface area contributed by atoms with E-state index in [1.54, 1.807) is 12.3 Å². The summed E-state index contributed by atoms with van der Waals surface area (Å²) in [6, 6.07) is 5.70. The zero-order valence-corrected chi connectivity index (χ0v) is 12.3. The minimum atomic E-state index is -4.34. The number of hydrogen-bond acceptors (Lipinski definition) is 5. The summed E-state index contributed by atoms with van der Waals surface area (Å²) in [6.45, 7) is 0. The van der Waals surface area contributed by atoms with Crippen LogP contribution in [-0.2, 0) is 9.53 Å². The molecule has 3 nitrogen and oxygen atoms in total. The van der Waals surface area contributed by atoms with Crippen LogP contribution in [0.5, 0.6) is 0 Å². The van der Waals surface area contributed by atoms with E-state index in [4.69, 9.17) is 0 Å². The maximum Gasteiger partial charge on any atom is 0.446 e. The first-order chi connectivity index (χ1) is 9.35. The summed E-state index contributed by atoms with van der Waals surface area (Å²) < 4.78 is 41.3. The zero-order valence-electron chi connectivity index (χ0n) is 10.7. The summed E-state index contributed by atoms with van der Waals surface area (Å²) >= 11 is 1.02. The maximum atomic E-state index is 12.3. The van der Waals surface area contributed by atoms with Crippen molar-refractivity contribution in [3.63, 3.8) is 0 Å². The number of carbonyl (C=O) groups excluding carboxylic acids is 1. The minimum Gasteiger partial charge on any atom is -0.468 e. The molecule has 1 aromatic carbocycles. The Hall–Kier alpha value is -1.15. The average Bonchev–Trinajstić information content (AvgIpc) is 2.37. The van der Waals surface area contributed by atoms with Gasteiger partial charge in [-0.1, -0.05) is 6.07 Å². The molecule has 8 heteroatoms. The molecule has 0 N–H and O–H groups in total. The lowest BCUT2D eigenvalue weighted by atomic mass is 10.3. The summed E-state index contributed by atoms with van der Waals surface area (Å²) in [7, 11) is 1.26. The van der Waals surface area contributed by atoms with E-state index in [1.807, 2.05) is 0 Å². The smallest absolute Gasteiger partial charge is 0.446 e. The standard InChI is InChI=1S/C12H12F3NO2S2/c1-18-11(17)10(19-2)7-16-8-4-3-5-9(6-8)20-12(13,14)15/h3-7,10H,1-2H3. The molecule has 0 aromatic heterocycles. The SMILES string of the molecule is COC(=O)C(C=Nc1cccc(SC(F)(F)F)c1)SC. The number of rotatable bonds is 5. The molecule has 0 radical (unpaired) electrons. The molecule has 0 aliphatic rings. The fraction of sp³-hybridized carbons (Fsp3) is 0.333. The molecule has 0 fully saturated rings. The number of halogens is 3. The molecule has 110 valence electrons. The Bertz CT molecular complexity index is 492. The second-order valence-electron chi connectivity index (χ2n) is 3.50. The molecule has 1 unspecified atom stereocenters. The van der Waals surface area contributed by atoms with E-state index < -0.39 is 16.7 Å². The van der Waals surface area contributed by atoms with Crippen LogP contribution in [0, 0.1) is 0 Å². The lowest BCUT2D eigenvalue weighted by Crippen LogP contribution is -2.19. The van der Waals surface area contributed by atoms with Crippen molar-refractivity contribution in [2.24, 2.45) is 4.99 Å².